The van der Waals surface area contributed by atoms with Crippen LogP contribution >= 0.6 is 0 Å². The largest absolute Gasteiger partial charge is 0.377 e. The number of rotatable bonds is 8. The van der Waals surface area contributed by atoms with Gasteiger partial charge >= 0.3 is 0 Å². The van der Waals surface area contributed by atoms with E-state index in [1.54, 1.807) is 7.11 Å². The average molecular weight is 313 g/mol. The molecule has 5 nitrogen and oxygen atoms in total. The highest BCUT2D eigenvalue weighted by molar-refractivity contribution is 5.79. The van der Waals surface area contributed by atoms with Gasteiger partial charge in [-0.15, -0.1) is 0 Å². The van der Waals surface area contributed by atoms with Gasteiger partial charge in [0.2, 0.25) is 0 Å². The Morgan fingerprint density at radius 3 is 2.73 bits per heavy atom. The first-order valence-corrected chi connectivity index (χ1v) is 8.76. The molecule has 0 aromatic heterocycles. The summed E-state index contributed by atoms with van der Waals surface area (Å²) in [5.74, 6) is 0.867. The lowest BCUT2D eigenvalue weighted by Gasteiger charge is -2.36. The second kappa shape index (κ2) is 10.1. The fourth-order valence-corrected chi connectivity index (χ4v) is 2.75. The van der Waals surface area contributed by atoms with Gasteiger partial charge in [0.15, 0.2) is 5.96 Å². The molecule has 0 amide bonds. The van der Waals surface area contributed by atoms with Crippen molar-refractivity contribution in [3.8, 4) is 0 Å². The van der Waals surface area contributed by atoms with E-state index < -0.39 is 0 Å². The van der Waals surface area contributed by atoms with Gasteiger partial charge in [0.05, 0.1) is 5.60 Å². The molecule has 0 radical (unpaired) electrons. The van der Waals surface area contributed by atoms with E-state index in [1.807, 2.05) is 7.05 Å². The number of hydrogen-bond donors (Lipinski definition) is 2. The maximum Gasteiger partial charge on any atom is 0.191 e. The summed E-state index contributed by atoms with van der Waals surface area (Å²) in [6.07, 6.45) is 6.54. The molecule has 1 fully saturated rings. The molecule has 1 heterocycles. The lowest BCUT2D eigenvalue weighted by atomic mass is 10.0. The Balaban J connectivity index is 2.40. The third kappa shape index (κ3) is 6.97. The van der Waals surface area contributed by atoms with Gasteiger partial charge in [-0.2, -0.15) is 0 Å². The topological polar surface area (TPSA) is 48.9 Å². The van der Waals surface area contributed by atoms with Crippen molar-refractivity contribution >= 4 is 5.96 Å². The van der Waals surface area contributed by atoms with Gasteiger partial charge in [0.1, 0.15) is 0 Å². The van der Waals surface area contributed by atoms with Crippen molar-refractivity contribution in [2.75, 3.05) is 40.3 Å². The first kappa shape index (κ1) is 19.2. The van der Waals surface area contributed by atoms with Crippen molar-refractivity contribution in [2.24, 2.45) is 4.99 Å². The summed E-state index contributed by atoms with van der Waals surface area (Å²) in [5, 5.41) is 6.84. The van der Waals surface area contributed by atoms with Crippen LogP contribution in [0.1, 0.15) is 52.9 Å². The molecule has 1 saturated heterocycles. The van der Waals surface area contributed by atoms with Crippen molar-refractivity contribution < 1.29 is 4.74 Å². The first-order chi connectivity index (χ1) is 10.5. The molecule has 0 saturated carbocycles. The number of nitrogens with one attached hydrogen (secondary N) is 2. The van der Waals surface area contributed by atoms with E-state index in [0.29, 0.717) is 6.04 Å². The number of unbranched alkanes of at least 4 members (excludes halogenated alkanes) is 1. The summed E-state index contributed by atoms with van der Waals surface area (Å²) in [7, 11) is 3.57. The Labute approximate surface area is 136 Å². The minimum atomic E-state index is -0.185. The van der Waals surface area contributed by atoms with E-state index in [2.05, 4.69) is 41.3 Å². The molecule has 2 N–H and O–H groups in total. The van der Waals surface area contributed by atoms with Crippen molar-refractivity contribution in [1.82, 2.24) is 15.5 Å². The number of piperidine rings is 1. The first-order valence-electron chi connectivity index (χ1n) is 8.76. The van der Waals surface area contributed by atoms with Crippen molar-refractivity contribution in [2.45, 2.75) is 64.5 Å². The van der Waals surface area contributed by atoms with Crippen molar-refractivity contribution in [3.63, 3.8) is 0 Å². The fraction of sp³-hybridized carbons (Fsp3) is 0.941. The quantitative estimate of drug-likeness (QED) is 0.533. The van der Waals surface area contributed by atoms with Gasteiger partial charge in [0.25, 0.3) is 0 Å². The van der Waals surface area contributed by atoms with E-state index in [4.69, 9.17) is 4.74 Å². The van der Waals surface area contributed by atoms with Gasteiger partial charge in [-0.3, -0.25) is 9.89 Å². The van der Waals surface area contributed by atoms with Crippen LogP contribution in [0.2, 0.25) is 0 Å². The molecule has 1 aliphatic heterocycles. The van der Waals surface area contributed by atoms with Gasteiger partial charge in [-0.05, 0) is 46.2 Å². The fourth-order valence-electron chi connectivity index (χ4n) is 2.75. The van der Waals surface area contributed by atoms with E-state index in [1.165, 1.54) is 45.2 Å². The minimum absolute atomic E-state index is 0.185. The molecule has 130 valence electrons. The van der Waals surface area contributed by atoms with Crippen LogP contribution in [-0.4, -0.2) is 62.8 Å². The van der Waals surface area contributed by atoms with Crippen LogP contribution < -0.4 is 10.6 Å². The van der Waals surface area contributed by atoms with Crippen LogP contribution in [0.25, 0.3) is 0 Å². The standard InChI is InChI=1S/C17H36N4O/c1-6-7-11-21-12-9-8-10-15(21)13-19-16(18-4)20-14-17(2,3)22-5/h15H,6-14H2,1-5H3,(H2,18,19,20). The number of guanidine groups is 1. The lowest BCUT2D eigenvalue weighted by Crippen LogP contribution is -2.51. The van der Waals surface area contributed by atoms with Crippen LogP contribution in [0.5, 0.6) is 0 Å². The van der Waals surface area contributed by atoms with Gasteiger partial charge in [0, 0.05) is 33.3 Å². The maximum absolute atomic E-state index is 5.43. The Bertz CT molecular complexity index is 331. The lowest BCUT2D eigenvalue weighted by molar-refractivity contribution is 0.0268. The van der Waals surface area contributed by atoms with Crippen LogP contribution in [0.3, 0.4) is 0 Å². The smallest absolute Gasteiger partial charge is 0.191 e. The molecular formula is C17H36N4O. The van der Waals surface area contributed by atoms with Gasteiger partial charge in [-0.1, -0.05) is 19.8 Å². The normalized spacial score (nSPS) is 21.0. The molecule has 22 heavy (non-hydrogen) atoms. The molecular weight excluding hydrogens is 276 g/mol. The van der Waals surface area contributed by atoms with Crippen LogP contribution in [0.15, 0.2) is 4.99 Å². The third-order valence-corrected chi connectivity index (χ3v) is 4.51. The molecule has 5 heteroatoms. The highest BCUT2D eigenvalue weighted by atomic mass is 16.5. The van der Waals surface area contributed by atoms with Crippen molar-refractivity contribution in [3.05, 3.63) is 0 Å². The highest BCUT2D eigenvalue weighted by Crippen LogP contribution is 2.17. The Kier molecular flexibility index (Phi) is 8.79. The molecule has 0 aromatic carbocycles. The summed E-state index contributed by atoms with van der Waals surface area (Å²) < 4.78 is 5.43. The molecule has 0 aliphatic carbocycles. The van der Waals surface area contributed by atoms with Crippen LogP contribution in [0.4, 0.5) is 0 Å². The summed E-state index contributed by atoms with van der Waals surface area (Å²) in [6.45, 7) is 10.6. The molecule has 0 bridgehead atoms. The SMILES string of the molecule is CCCCN1CCCCC1CNC(=NC)NCC(C)(C)OC. The van der Waals surface area contributed by atoms with Crippen molar-refractivity contribution in [1.29, 1.82) is 0 Å². The van der Waals surface area contributed by atoms with Gasteiger partial charge in [-0.25, -0.2) is 0 Å². The molecule has 1 atom stereocenters. The monoisotopic (exact) mass is 312 g/mol. The second-order valence-electron chi connectivity index (χ2n) is 6.81. The predicted octanol–water partition coefficient (Wildman–Crippen LogP) is 2.23. The summed E-state index contributed by atoms with van der Waals surface area (Å²) in [4.78, 5) is 6.96. The molecule has 1 unspecified atom stereocenters. The molecule has 0 spiro atoms. The zero-order chi connectivity index (χ0) is 16.4. The van der Waals surface area contributed by atoms with E-state index >= 15 is 0 Å². The molecule has 1 aliphatic rings. The van der Waals surface area contributed by atoms with E-state index in [9.17, 15) is 0 Å². The Morgan fingerprint density at radius 1 is 1.32 bits per heavy atom. The number of hydrogen-bond acceptors (Lipinski definition) is 3. The number of nitrogens with zero attached hydrogens (tertiary/aromatic N) is 2. The number of aliphatic imine (C=N–C) groups is 1. The number of likely N-dealkylation sites (tertiary alicyclic amines) is 1. The summed E-state index contributed by atoms with van der Waals surface area (Å²) >= 11 is 0. The Hall–Kier alpha value is -0.810. The van der Waals surface area contributed by atoms with Gasteiger partial charge < -0.3 is 15.4 Å². The summed E-state index contributed by atoms with van der Waals surface area (Å²) in [6, 6.07) is 0.634. The van der Waals surface area contributed by atoms with E-state index in [0.717, 1.165) is 19.0 Å². The minimum Gasteiger partial charge on any atom is -0.377 e. The predicted molar refractivity (Wildman–Crippen MR) is 94.6 cm³/mol. The van der Waals surface area contributed by atoms with E-state index in [-0.39, 0.29) is 5.60 Å². The number of ether oxygens (including phenoxy) is 1. The zero-order valence-corrected chi connectivity index (χ0v) is 15.2. The summed E-state index contributed by atoms with van der Waals surface area (Å²) in [5.41, 5.74) is -0.185. The van der Waals surface area contributed by atoms with Crippen LogP contribution in [-0.2, 0) is 4.74 Å². The highest BCUT2D eigenvalue weighted by Gasteiger charge is 2.22. The maximum atomic E-state index is 5.43. The Morgan fingerprint density at radius 2 is 2.09 bits per heavy atom. The second-order valence-corrected chi connectivity index (χ2v) is 6.81. The molecule has 1 rings (SSSR count). The zero-order valence-electron chi connectivity index (χ0n) is 15.2. The number of methoxy groups -OCH3 is 1. The average Bonchev–Trinajstić information content (AvgIpc) is 2.54. The van der Waals surface area contributed by atoms with Crippen LogP contribution in [0, 0.1) is 0 Å². The molecule has 0 aromatic rings. The third-order valence-electron chi connectivity index (χ3n) is 4.51.